The van der Waals surface area contributed by atoms with E-state index >= 15 is 0 Å². The molecule has 2 aromatic carbocycles. The third kappa shape index (κ3) is 3.58. The standard InChI is InChI=1S/C19H20N2O3S/c1-4-6-17-21-13-10-9-12(11-16(13)25-17)20-19(22)18-14(23-2)7-5-8-15(18)24-3/h5,7-11H,4,6H2,1-3H3,(H,20,22). The van der Waals surface area contributed by atoms with Crippen molar-refractivity contribution < 1.29 is 14.3 Å². The Morgan fingerprint density at radius 2 is 1.88 bits per heavy atom. The molecule has 3 aromatic rings. The Kier molecular flexibility index (Phi) is 5.19. The summed E-state index contributed by atoms with van der Waals surface area (Å²) in [5.74, 6) is 0.675. The van der Waals surface area contributed by atoms with Gasteiger partial charge in [-0.3, -0.25) is 4.79 Å². The number of rotatable bonds is 6. The lowest BCUT2D eigenvalue weighted by molar-refractivity contribution is 0.102. The number of benzene rings is 2. The minimum Gasteiger partial charge on any atom is -0.496 e. The molecular weight excluding hydrogens is 336 g/mol. The van der Waals surface area contributed by atoms with Crippen molar-refractivity contribution in [3.05, 3.63) is 47.0 Å². The van der Waals surface area contributed by atoms with Crippen LogP contribution in [0.2, 0.25) is 0 Å². The molecule has 0 aliphatic carbocycles. The van der Waals surface area contributed by atoms with Crippen molar-refractivity contribution >= 4 is 33.1 Å². The fraction of sp³-hybridized carbons (Fsp3) is 0.263. The van der Waals surface area contributed by atoms with Gasteiger partial charge in [0.05, 0.1) is 29.4 Å². The first kappa shape index (κ1) is 17.2. The molecule has 0 fully saturated rings. The van der Waals surface area contributed by atoms with E-state index in [2.05, 4.69) is 17.2 Å². The highest BCUT2D eigenvalue weighted by Gasteiger charge is 2.18. The second kappa shape index (κ2) is 7.53. The van der Waals surface area contributed by atoms with E-state index in [9.17, 15) is 4.79 Å². The minimum atomic E-state index is -0.271. The maximum Gasteiger partial charge on any atom is 0.263 e. The molecule has 1 amide bonds. The van der Waals surface area contributed by atoms with Crippen LogP contribution >= 0.6 is 11.3 Å². The number of hydrogen-bond acceptors (Lipinski definition) is 5. The fourth-order valence-corrected chi connectivity index (χ4v) is 3.75. The van der Waals surface area contributed by atoms with Crippen LogP contribution in [0, 0.1) is 0 Å². The van der Waals surface area contributed by atoms with Crippen molar-refractivity contribution in [3.8, 4) is 11.5 Å². The van der Waals surface area contributed by atoms with Crippen molar-refractivity contribution in [1.29, 1.82) is 0 Å². The highest BCUT2D eigenvalue weighted by Crippen LogP contribution is 2.30. The summed E-state index contributed by atoms with van der Waals surface area (Å²) in [6.07, 6.45) is 2.04. The molecule has 130 valence electrons. The van der Waals surface area contributed by atoms with Crippen LogP contribution in [0.3, 0.4) is 0 Å². The summed E-state index contributed by atoms with van der Waals surface area (Å²) in [6, 6.07) is 11.0. The van der Waals surface area contributed by atoms with E-state index in [1.807, 2.05) is 18.2 Å². The molecule has 0 unspecified atom stereocenters. The first-order chi connectivity index (χ1) is 12.2. The minimum absolute atomic E-state index is 0.271. The Morgan fingerprint density at radius 1 is 1.16 bits per heavy atom. The lowest BCUT2D eigenvalue weighted by Crippen LogP contribution is -2.14. The predicted octanol–water partition coefficient (Wildman–Crippen LogP) is 4.52. The van der Waals surface area contributed by atoms with Gasteiger partial charge in [-0.2, -0.15) is 0 Å². The zero-order chi connectivity index (χ0) is 17.8. The van der Waals surface area contributed by atoms with Gasteiger partial charge in [-0.25, -0.2) is 4.98 Å². The molecule has 0 spiro atoms. The number of carbonyl (C=O) groups excluding carboxylic acids is 1. The van der Waals surface area contributed by atoms with Crippen LogP contribution in [-0.4, -0.2) is 25.1 Å². The summed E-state index contributed by atoms with van der Waals surface area (Å²) < 4.78 is 11.7. The van der Waals surface area contributed by atoms with Crippen molar-refractivity contribution in [1.82, 2.24) is 4.98 Å². The van der Waals surface area contributed by atoms with Gasteiger partial charge < -0.3 is 14.8 Å². The van der Waals surface area contributed by atoms with E-state index < -0.39 is 0 Å². The molecule has 3 rings (SSSR count). The summed E-state index contributed by atoms with van der Waals surface area (Å²) >= 11 is 1.66. The van der Waals surface area contributed by atoms with E-state index in [0.717, 1.165) is 33.8 Å². The first-order valence-electron chi connectivity index (χ1n) is 8.08. The molecule has 1 N–H and O–H groups in total. The second-order valence-corrected chi connectivity index (χ2v) is 6.65. The lowest BCUT2D eigenvalue weighted by atomic mass is 10.1. The maximum absolute atomic E-state index is 12.7. The Hall–Kier alpha value is -2.60. The zero-order valence-electron chi connectivity index (χ0n) is 14.5. The molecule has 0 saturated carbocycles. The third-order valence-electron chi connectivity index (χ3n) is 3.81. The number of thiazole rings is 1. The average Bonchev–Trinajstić information content (AvgIpc) is 3.02. The Labute approximate surface area is 150 Å². The van der Waals surface area contributed by atoms with Crippen LogP contribution < -0.4 is 14.8 Å². The Bertz CT molecular complexity index is 883. The number of nitrogens with zero attached hydrogens (tertiary/aromatic N) is 1. The van der Waals surface area contributed by atoms with Crippen LogP contribution in [0.5, 0.6) is 11.5 Å². The number of ether oxygens (including phenoxy) is 2. The van der Waals surface area contributed by atoms with E-state index in [-0.39, 0.29) is 5.91 Å². The van der Waals surface area contributed by atoms with E-state index in [0.29, 0.717) is 17.1 Å². The quantitative estimate of drug-likeness (QED) is 0.705. The van der Waals surface area contributed by atoms with Crippen LogP contribution in [0.15, 0.2) is 36.4 Å². The van der Waals surface area contributed by atoms with Gasteiger partial charge in [0.25, 0.3) is 5.91 Å². The summed E-state index contributed by atoms with van der Waals surface area (Å²) in [5, 5.41) is 4.04. The molecule has 0 aliphatic rings. The van der Waals surface area contributed by atoms with Crippen LogP contribution in [0.25, 0.3) is 10.2 Å². The van der Waals surface area contributed by atoms with Crippen LogP contribution in [0.1, 0.15) is 28.7 Å². The van der Waals surface area contributed by atoms with Gasteiger partial charge >= 0.3 is 0 Å². The molecule has 6 heteroatoms. The number of aromatic nitrogens is 1. The monoisotopic (exact) mass is 356 g/mol. The van der Waals surface area contributed by atoms with E-state index in [4.69, 9.17) is 9.47 Å². The number of carbonyl (C=O) groups is 1. The molecule has 1 aromatic heterocycles. The van der Waals surface area contributed by atoms with E-state index in [1.54, 1.807) is 29.5 Å². The number of aryl methyl sites for hydroxylation is 1. The van der Waals surface area contributed by atoms with Gasteiger partial charge in [-0.1, -0.05) is 13.0 Å². The molecule has 0 atom stereocenters. The van der Waals surface area contributed by atoms with Crippen molar-refractivity contribution in [2.45, 2.75) is 19.8 Å². The predicted molar refractivity (Wildman–Crippen MR) is 101 cm³/mol. The van der Waals surface area contributed by atoms with Crippen LogP contribution in [0.4, 0.5) is 5.69 Å². The topological polar surface area (TPSA) is 60.5 Å². The van der Waals surface area contributed by atoms with Crippen molar-refractivity contribution in [2.75, 3.05) is 19.5 Å². The molecular formula is C19H20N2O3S. The van der Waals surface area contributed by atoms with Crippen molar-refractivity contribution in [3.63, 3.8) is 0 Å². The first-order valence-corrected chi connectivity index (χ1v) is 8.89. The van der Waals surface area contributed by atoms with E-state index in [1.165, 1.54) is 14.2 Å². The van der Waals surface area contributed by atoms with Gasteiger partial charge in [0, 0.05) is 5.69 Å². The van der Waals surface area contributed by atoms with Gasteiger partial charge in [0.1, 0.15) is 17.1 Å². The molecule has 5 nitrogen and oxygen atoms in total. The van der Waals surface area contributed by atoms with Gasteiger partial charge in [0.2, 0.25) is 0 Å². The van der Waals surface area contributed by atoms with Crippen LogP contribution in [-0.2, 0) is 6.42 Å². The number of nitrogens with one attached hydrogen (secondary N) is 1. The Morgan fingerprint density at radius 3 is 2.52 bits per heavy atom. The maximum atomic E-state index is 12.7. The summed E-state index contributed by atoms with van der Waals surface area (Å²) in [6.45, 7) is 2.14. The molecule has 1 heterocycles. The molecule has 0 aliphatic heterocycles. The number of fused-ring (bicyclic) bond motifs is 1. The third-order valence-corrected chi connectivity index (χ3v) is 4.89. The average molecular weight is 356 g/mol. The van der Waals surface area contributed by atoms with Crippen molar-refractivity contribution in [2.24, 2.45) is 0 Å². The molecule has 25 heavy (non-hydrogen) atoms. The number of anilines is 1. The summed E-state index contributed by atoms with van der Waals surface area (Å²) in [7, 11) is 3.06. The smallest absolute Gasteiger partial charge is 0.263 e. The number of hydrogen-bond donors (Lipinski definition) is 1. The SMILES string of the molecule is CCCc1nc2ccc(NC(=O)c3c(OC)cccc3OC)cc2s1. The fourth-order valence-electron chi connectivity index (χ4n) is 2.64. The second-order valence-electron chi connectivity index (χ2n) is 5.53. The van der Waals surface area contributed by atoms with Gasteiger partial charge in [0.15, 0.2) is 0 Å². The molecule has 0 bridgehead atoms. The number of methoxy groups -OCH3 is 2. The normalized spacial score (nSPS) is 10.7. The molecule has 0 radical (unpaired) electrons. The van der Waals surface area contributed by atoms with Gasteiger partial charge in [-0.05, 0) is 43.2 Å². The molecule has 0 saturated heterocycles. The summed E-state index contributed by atoms with van der Waals surface area (Å²) in [4.78, 5) is 17.3. The largest absolute Gasteiger partial charge is 0.496 e. The number of amides is 1. The zero-order valence-corrected chi connectivity index (χ0v) is 15.3. The summed E-state index contributed by atoms with van der Waals surface area (Å²) in [5.41, 5.74) is 2.06. The Balaban J connectivity index is 1.89. The highest BCUT2D eigenvalue weighted by atomic mass is 32.1. The van der Waals surface area contributed by atoms with Gasteiger partial charge in [-0.15, -0.1) is 11.3 Å². The highest BCUT2D eigenvalue weighted by molar-refractivity contribution is 7.18. The lowest BCUT2D eigenvalue weighted by Gasteiger charge is -2.13.